The van der Waals surface area contributed by atoms with Crippen molar-refractivity contribution in [2.24, 2.45) is 0 Å². The molecule has 0 aliphatic heterocycles. The van der Waals surface area contributed by atoms with Gasteiger partial charge in [0, 0.05) is 5.39 Å². The van der Waals surface area contributed by atoms with Gasteiger partial charge in [0.05, 0.1) is 0 Å². The standard InChI is InChI=1S/C16H21OSi/c1-16(2,3)18(4,5)17-15-12-8-10-13-9-6-7-11-14(13)15/h7-12H,1-5H3. The molecule has 1 nitrogen and oxygen atoms in total. The molecule has 0 aliphatic carbocycles. The normalized spacial score (nSPS) is 12.7. The zero-order valence-electron chi connectivity index (χ0n) is 11.9. The fourth-order valence-corrected chi connectivity index (χ4v) is 2.69. The Morgan fingerprint density at radius 2 is 1.83 bits per heavy atom. The summed E-state index contributed by atoms with van der Waals surface area (Å²) in [7, 11) is -1.77. The minimum absolute atomic E-state index is 0.218. The summed E-state index contributed by atoms with van der Waals surface area (Å²) in [5.41, 5.74) is 0. The second-order valence-corrected chi connectivity index (χ2v) is 11.0. The molecule has 2 aromatic carbocycles. The van der Waals surface area contributed by atoms with Crippen LogP contribution < -0.4 is 4.43 Å². The molecule has 2 heteroatoms. The first kappa shape index (κ1) is 13.2. The van der Waals surface area contributed by atoms with E-state index in [1.54, 1.807) is 0 Å². The summed E-state index contributed by atoms with van der Waals surface area (Å²) in [6, 6.07) is 15.4. The molecule has 95 valence electrons. The average molecular weight is 257 g/mol. The molecule has 2 rings (SSSR count). The molecule has 2 aromatic rings. The van der Waals surface area contributed by atoms with Crippen molar-refractivity contribution in [3.63, 3.8) is 0 Å². The van der Waals surface area contributed by atoms with E-state index in [4.69, 9.17) is 4.43 Å². The molecule has 0 N–H and O–H groups in total. The van der Waals surface area contributed by atoms with Gasteiger partial charge in [-0.25, -0.2) is 0 Å². The molecule has 0 saturated carbocycles. The molecule has 0 saturated heterocycles. The Morgan fingerprint density at radius 1 is 1.11 bits per heavy atom. The molecule has 0 unspecified atom stereocenters. The van der Waals surface area contributed by atoms with Gasteiger partial charge in [-0.15, -0.1) is 0 Å². The SMILES string of the molecule is CC(C)(C)[Si](C)(C)Oc1cccc2c[c]ccc12. The molecule has 0 aliphatic rings. The first-order valence-corrected chi connectivity index (χ1v) is 9.30. The zero-order valence-corrected chi connectivity index (χ0v) is 12.9. The lowest BCUT2D eigenvalue weighted by Gasteiger charge is -2.36. The van der Waals surface area contributed by atoms with Gasteiger partial charge in [0.15, 0.2) is 0 Å². The minimum atomic E-state index is -1.77. The van der Waals surface area contributed by atoms with E-state index in [9.17, 15) is 0 Å². The van der Waals surface area contributed by atoms with E-state index < -0.39 is 8.32 Å². The fraction of sp³-hybridized carbons (Fsp3) is 0.375. The van der Waals surface area contributed by atoms with Gasteiger partial charge in [-0.2, -0.15) is 0 Å². The van der Waals surface area contributed by atoms with Crippen molar-refractivity contribution in [1.82, 2.24) is 0 Å². The monoisotopic (exact) mass is 257 g/mol. The smallest absolute Gasteiger partial charge is 0.250 e. The molecular weight excluding hydrogens is 236 g/mol. The Kier molecular flexibility index (Phi) is 3.24. The molecule has 1 radical (unpaired) electrons. The second-order valence-electron chi connectivity index (χ2n) is 6.27. The number of fused-ring (bicyclic) bond motifs is 1. The number of benzene rings is 2. The van der Waals surface area contributed by atoms with E-state index in [0.29, 0.717) is 0 Å². The molecule has 0 heterocycles. The van der Waals surface area contributed by atoms with Crippen LogP contribution in [0.2, 0.25) is 18.1 Å². The Morgan fingerprint density at radius 3 is 2.50 bits per heavy atom. The lowest BCUT2D eigenvalue weighted by atomic mass is 10.1. The molecule has 18 heavy (non-hydrogen) atoms. The third-order valence-corrected chi connectivity index (χ3v) is 8.20. The van der Waals surface area contributed by atoms with Crippen LogP contribution in [0.15, 0.2) is 36.4 Å². The van der Waals surface area contributed by atoms with E-state index in [-0.39, 0.29) is 5.04 Å². The van der Waals surface area contributed by atoms with Crippen molar-refractivity contribution in [2.75, 3.05) is 0 Å². The molecule has 0 aromatic heterocycles. The van der Waals surface area contributed by atoms with Gasteiger partial charge in [-0.1, -0.05) is 45.0 Å². The van der Waals surface area contributed by atoms with E-state index in [0.717, 1.165) is 5.75 Å². The van der Waals surface area contributed by atoms with Crippen molar-refractivity contribution < 1.29 is 4.43 Å². The lowest BCUT2D eigenvalue weighted by Crippen LogP contribution is -2.43. The predicted octanol–water partition coefficient (Wildman–Crippen LogP) is 5.02. The topological polar surface area (TPSA) is 9.23 Å². The molecule has 0 spiro atoms. The zero-order chi connectivity index (χ0) is 13.4. The maximum Gasteiger partial charge on any atom is 0.250 e. The number of hydrogen-bond donors (Lipinski definition) is 0. The summed E-state index contributed by atoms with van der Waals surface area (Å²) in [6.45, 7) is 11.3. The molecule has 0 bridgehead atoms. The highest BCUT2D eigenvalue weighted by molar-refractivity contribution is 6.74. The predicted molar refractivity (Wildman–Crippen MR) is 80.6 cm³/mol. The Balaban J connectivity index is 2.44. The van der Waals surface area contributed by atoms with Crippen LogP contribution in [0.25, 0.3) is 10.8 Å². The van der Waals surface area contributed by atoms with Crippen molar-refractivity contribution in [3.05, 3.63) is 42.5 Å². The van der Waals surface area contributed by atoms with E-state index >= 15 is 0 Å². The molecule has 0 fully saturated rings. The largest absolute Gasteiger partial charge is 0.543 e. The third-order valence-electron chi connectivity index (χ3n) is 3.86. The second kappa shape index (κ2) is 4.43. The van der Waals surface area contributed by atoms with Gasteiger partial charge in [0.1, 0.15) is 5.75 Å². The lowest BCUT2D eigenvalue weighted by molar-refractivity contribution is 0.496. The summed E-state index contributed by atoms with van der Waals surface area (Å²) in [5, 5.41) is 2.59. The summed E-state index contributed by atoms with van der Waals surface area (Å²) in [5.74, 6) is 1.01. The first-order valence-electron chi connectivity index (χ1n) is 6.39. The van der Waals surface area contributed by atoms with Crippen LogP contribution in [-0.2, 0) is 0 Å². The fourth-order valence-electron chi connectivity index (χ4n) is 1.65. The average Bonchev–Trinajstić information content (AvgIpc) is 2.27. The van der Waals surface area contributed by atoms with E-state index in [1.807, 2.05) is 12.1 Å². The minimum Gasteiger partial charge on any atom is -0.543 e. The summed E-state index contributed by atoms with van der Waals surface area (Å²) in [4.78, 5) is 0. The van der Waals surface area contributed by atoms with Crippen LogP contribution in [0, 0.1) is 6.07 Å². The van der Waals surface area contributed by atoms with Crippen LogP contribution in [0.4, 0.5) is 0 Å². The van der Waals surface area contributed by atoms with Gasteiger partial charge < -0.3 is 4.43 Å². The quantitative estimate of drug-likeness (QED) is 0.686. The molecular formula is C16H21OSi. The van der Waals surface area contributed by atoms with Crippen LogP contribution in [-0.4, -0.2) is 8.32 Å². The van der Waals surface area contributed by atoms with Crippen molar-refractivity contribution in [1.29, 1.82) is 0 Å². The van der Waals surface area contributed by atoms with Crippen LogP contribution in [0.3, 0.4) is 0 Å². The van der Waals surface area contributed by atoms with Gasteiger partial charge in [0.2, 0.25) is 0 Å². The van der Waals surface area contributed by atoms with Gasteiger partial charge in [-0.3, -0.25) is 0 Å². The molecule has 0 amide bonds. The summed E-state index contributed by atoms with van der Waals surface area (Å²) >= 11 is 0. The van der Waals surface area contributed by atoms with Crippen LogP contribution >= 0.6 is 0 Å². The third kappa shape index (κ3) is 2.44. The van der Waals surface area contributed by atoms with E-state index in [1.165, 1.54) is 10.8 Å². The van der Waals surface area contributed by atoms with Crippen molar-refractivity contribution in [2.45, 2.75) is 38.9 Å². The van der Waals surface area contributed by atoms with Gasteiger partial charge in [0.25, 0.3) is 8.32 Å². The van der Waals surface area contributed by atoms with Crippen molar-refractivity contribution >= 4 is 19.1 Å². The van der Waals surface area contributed by atoms with Crippen molar-refractivity contribution in [3.8, 4) is 5.75 Å². The maximum absolute atomic E-state index is 6.40. The highest BCUT2D eigenvalue weighted by Gasteiger charge is 2.39. The highest BCUT2D eigenvalue weighted by atomic mass is 28.4. The first-order chi connectivity index (χ1) is 8.31. The highest BCUT2D eigenvalue weighted by Crippen LogP contribution is 2.39. The Bertz CT molecular complexity index is 547. The number of hydrogen-bond acceptors (Lipinski definition) is 1. The summed E-state index contributed by atoms with van der Waals surface area (Å²) in [6.07, 6.45) is 0. The van der Waals surface area contributed by atoms with Crippen LogP contribution in [0.5, 0.6) is 5.75 Å². The Labute approximate surface area is 111 Å². The van der Waals surface area contributed by atoms with E-state index in [2.05, 4.69) is 64.2 Å². The van der Waals surface area contributed by atoms with Gasteiger partial charge in [-0.05, 0) is 41.7 Å². The Hall–Kier alpha value is -1.28. The summed E-state index contributed by atoms with van der Waals surface area (Å²) < 4.78 is 6.40. The maximum atomic E-state index is 6.40. The van der Waals surface area contributed by atoms with Crippen LogP contribution in [0.1, 0.15) is 20.8 Å². The number of rotatable bonds is 2. The van der Waals surface area contributed by atoms with Gasteiger partial charge >= 0.3 is 0 Å². The molecule has 0 atom stereocenters.